The summed E-state index contributed by atoms with van der Waals surface area (Å²) in [7, 11) is 2.00. The van der Waals surface area contributed by atoms with Crippen LogP contribution >= 0.6 is 15.9 Å². The molecule has 1 aliphatic heterocycles. The molecule has 0 bridgehead atoms. The zero-order valence-corrected chi connectivity index (χ0v) is 13.0. The second-order valence-electron chi connectivity index (χ2n) is 5.10. The number of aromatic nitrogens is 3. The Balaban J connectivity index is 1.73. The summed E-state index contributed by atoms with van der Waals surface area (Å²) < 4.78 is 6.18. The van der Waals surface area contributed by atoms with Gasteiger partial charge in [-0.3, -0.25) is 5.10 Å². The molecule has 1 fully saturated rings. The molecule has 2 aromatic heterocycles. The lowest BCUT2D eigenvalue weighted by molar-refractivity contribution is 0.399. The number of furan rings is 1. The van der Waals surface area contributed by atoms with Gasteiger partial charge in [-0.05, 0) is 60.4 Å². The zero-order chi connectivity index (χ0) is 13.9. The van der Waals surface area contributed by atoms with Gasteiger partial charge in [-0.15, -0.1) is 5.10 Å². The highest BCUT2D eigenvalue weighted by Crippen LogP contribution is 2.25. The molecule has 1 aliphatic rings. The molecule has 0 spiro atoms. The van der Waals surface area contributed by atoms with E-state index in [-0.39, 0.29) is 0 Å². The molecular weight excluding hydrogens is 322 g/mol. The standard InChI is InChI=1S/C13H18BrN5O/c1-15-7-9-3-2-6-19(8-9)13-16-12(17-18-13)10-4-5-11(14)20-10/h4-5,9,15H,2-3,6-8H2,1H3,(H,16,17,18). The Morgan fingerprint density at radius 3 is 3.20 bits per heavy atom. The monoisotopic (exact) mass is 339 g/mol. The van der Waals surface area contributed by atoms with Crippen molar-refractivity contribution in [2.24, 2.45) is 5.92 Å². The molecule has 20 heavy (non-hydrogen) atoms. The summed E-state index contributed by atoms with van der Waals surface area (Å²) in [5, 5.41) is 10.5. The fourth-order valence-corrected chi connectivity index (χ4v) is 2.95. The van der Waals surface area contributed by atoms with Gasteiger partial charge >= 0.3 is 0 Å². The SMILES string of the molecule is CNCC1CCCN(c2n[nH]c(-c3ccc(Br)o3)n2)C1. The predicted octanol–water partition coefficient (Wildman–Crippen LogP) is 2.26. The molecule has 7 heteroatoms. The number of anilines is 1. The molecule has 6 nitrogen and oxygen atoms in total. The van der Waals surface area contributed by atoms with Gasteiger partial charge in [-0.25, -0.2) is 0 Å². The molecule has 0 amide bonds. The number of piperidine rings is 1. The smallest absolute Gasteiger partial charge is 0.245 e. The third-order valence-corrected chi connectivity index (χ3v) is 4.00. The highest BCUT2D eigenvalue weighted by atomic mass is 79.9. The van der Waals surface area contributed by atoms with E-state index in [0.29, 0.717) is 22.2 Å². The van der Waals surface area contributed by atoms with Crippen molar-refractivity contribution in [3.63, 3.8) is 0 Å². The summed E-state index contributed by atoms with van der Waals surface area (Å²) in [4.78, 5) is 6.78. The first-order valence-corrected chi connectivity index (χ1v) is 7.63. The molecule has 2 aromatic rings. The minimum atomic E-state index is 0.661. The van der Waals surface area contributed by atoms with Gasteiger partial charge in [-0.1, -0.05) is 0 Å². The third kappa shape index (κ3) is 2.88. The van der Waals surface area contributed by atoms with E-state index in [2.05, 4.69) is 41.3 Å². The van der Waals surface area contributed by atoms with E-state index in [1.165, 1.54) is 12.8 Å². The number of halogens is 1. The Hall–Kier alpha value is -1.34. The molecule has 1 saturated heterocycles. The molecule has 3 heterocycles. The molecule has 0 radical (unpaired) electrons. The molecular formula is C13H18BrN5O. The molecule has 0 aliphatic carbocycles. The highest BCUT2D eigenvalue weighted by Gasteiger charge is 2.22. The van der Waals surface area contributed by atoms with Crippen LogP contribution in [0.4, 0.5) is 5.95 Å². The number of hydrogen-bond acceptors (Lipinski definition) is 5. The molecule has 1 atom stereocenters. The molecule has 1 unspecified atom stereocenters. The van der Waals surface area contributed by atoms with Gasteiger partial charge in [0.1, 0.15) is 0 Å². The first-order valence-electron chi connectivity index (χ1n) is 6.84. The maximum atomic E-state index is 5.48. The van der Waals surface area contributed by atoms with Gasteiger partial charge in [0.25, 0.3) is 0 Å². The predicted molar refractivity (Wildman–Crippen MR) is 80.6 cm³/mol. The quantitative estimate of drug-likeness (QED) is 0.894. The number of nitrogens with one attached hydrogen (secondary N) is 2. The summed E-state index contributed by atoms with van der Waals surface area (Å²) in [5.41, 5.74) is 0. The Morgan fingerprint density at radius 1 is 1.55 bits per heavy atom. The van der Waals surface area contributed by atoms with Crippen LogP contribution < -0.4 is 10.2 Å². The van der Waals surface area contributed by atoms with Crippen LogP contribution in [-0.2, 0) is 0 Å². The number of nitrogens with zero attached hydrogens (tertiary/aromatic N) is 3. The third-order valence-electron chi connectivity index (χ3n) is 3.57. The maximum Gasteiger partial charge on any atom is 0.245 e. The van der Waals surface area contributed by atoms with Crippen LogP contribution in [0.25, 0.3) is 11.6 Å². The van der Waals surface area contributed by atoms with Crippen molar-refractivity contribution in [2.45, 2.75) is 12.8 Å². The fraction of sp³-hybridized carbons (Fsp3) is 0.538. The van der Waals surface area contributed by atoms with Crippen molar-refractivity contribution in [3.8, 4) is 11.6 Å². The molecule has 0 saturated carbocycles. The maximum absolute atomic E-state index is 5.48. The van der Waals surface area contributed by atoms with Crippen molar-refractivity contribution in [2.75, 3.05) is 31.6 Å². The Labute approximate surface area is 126 Å². The average Bonchev–Trinajstić information content (AvgIpc) is 3.08. The normalized spacial score (nSPS) is 19.5. The van der Waals surface area contributed by atoms with Crippen LogP contribution in [-0.4, -0.2) is 41.9 Å². The van der Waals surface area contributed by atoms with Gasteiger partial charge in [0.05, 0.1) is 0 Å². The Kier molecular flexibility index (Phi) is 4.07. The van der Waals surface area contributed by atoms with Gasteiger partial charge in [0.15, 0.2) is 16.3 Å². The first-order chi connectivity index (χ1) is 9.76. The number of aromatic amines is 1. The lowest BCUT2D eigenvalue weighted by atomic mass is 9.98. The minimum Gasteiger partial charge on any atom is -0.446 e. The first kappa shape index (κ1) is 13.6. The average molecular weight is 340 g/mol. The summed E-state index contributed by atoms with van der Waals surface area (Å²) in [6.07, 6.45) is 2.45. The zero-order valence-electron chi connectivity index (χ0n) is 11.4. The summed E-state index contributed by atoms with van der Waals surface area (Å²) >= 11 is 3.29. The van der Waals surface area contributed by atoms with Gasteiger partial charge < -0.3 is 14.6 Å². The Morgan fingerprint density at radius 2 is 2.45 bits per heavy atom. The second-order valence-corrected chi connectivity index (χ2v) is 5.88. The second kappa shape index (κ2) is 5.97. The van der Waals surface area contributed by atoms with Crippen molar-refractivity contribution in [1.29, 1.82) is 0 Å². The van der Waals surface area contributed by atoms with Crippen LogP contribution in [0, 0.1) is 5.92 Å². The van der Waals surface area contributed by atoms with Crippen LogP contribution in [0.1, 0.15) is 12.8 Å². The molecule has 108 valence electrons. The number of rotatable bonds is 4. The summed E-state index contributed by atoms with van der Waals surface area (Å²) in [5.74, 6) is 2.78. The molecule has 3 rings (SSSR count). The van der Waals surface area contributed by atoms with E-state index in [1.54, 1.807) is 0 Å². The van der Waals surface area contributed by atoms with E-state index in [1.807, 2.05) is 19.2 Å². The fourth-order valence-electron chi connectivity index (χ4n) is 2.65. The lowest BCUT2D eigenvalue weighted by Crippen LogP contribution is -2.39. The van der Waals surface area contributed by atoms with Crippen molar-refractivity contribution in [3.05, 3.63) is 16.8 Å². The van der Waals surface area contributed by atoms with Crippen LogP contribution in [0.15, 0.2) is 21.2 Å². The summed E-state index contributed by atoms with van der Waals surface area (Å²) in [6, 6.07) is 3.72. The van der Waals surface area contributed by atoms with E-state index in [4.69, 9.17) is 4.42 Å². The van der Waals surface area contributed by atoms with E-state index >= 15 is 0 Å². The van der Waals surface area contributed by atoms with Gasteiger partial charge in [-0.2, -0.15) is 4.98 Å². The van der Waals surface area contributed by atoms with Crippen LogP contribution in [0.2, 0.25) is 0 Å². The van der Waals surface area contributed by atoms with E-state index in [9.17, 15) is 0 Å². The summed E-state index contributed by atoms with van der Waals surface area (Å²) in [6.45, 7) is 3.05. The van der Waals surface area contributed by atoms with Crippen LogP contribution in [0.3, 0.4) is 0 Å². The topological polar surface area (TPSA) is 70.0 Å². The van der Waals surface area contributed by atoms with E-state index < -0.39 is 0 Å². The number of H-pyrrole nitrogens is 1. The largest absolute Gasteiger partial charge is 0.446 e. The Bertz CT molecular complexity index is 565. The van der Waals surface area contributed by atoms with Crippen molar-refractivity contribution < 1.29 is 4.42 Å². The van der Waals surface area contributed by atoms with E-state index in [0.717, 1.165) is 25.6 Å². The molecule has 2 N–H and O–H groups in total. The number of hydrogen-bond donors (Lipinski definition) is 2. The van der Waals surface area contributed by atoms with Crippen molar-refractivity contribution in [1.82, 2.24) is 20.5 Å². The molecule has 0 aromatic carbocycles. The van der Waals surface area contributed by atoms with Gasteiger partial charge in [0, 0.05) is 13.1 Å². The lowest BCUT2D eigenvalue weighted by Gasteiger charge is -2.31. The van der Waals surface area contributed by atoms with Gasteiger partial charge in [0.2, 0.25) is 5.95 Å². The highest BCUT2D eigenvalue weighted by molar-refractivity contribution is 9.10. The minimum absolute atomic E-state index is 0.661. The van der Waals surface area contributed by atoms with Crippen molar-refractivity contribution >= 4 is 21.9 Å². The van der Waals surface area contributed by atoms with Crippen LogP contribution in [0.5, 0.6) is 0 Å².